The molecule has 3 heteroatoms. The minimum Gasteiger partial charge on any atom is -0.207 e. The summed E-state index contributed by atoms with van der Waals surface area (Å²) in [5, 5.41) is 1.55. The number of halogens is 1. The Bertz CT molecular complexity index is 349. The Morgan fingerprint density at radius 1 is 0.941 bits per heavy atom. The molecule has 100 valence electrons. The zero-order chi connectivity index (χ0) is 12.6. The van der Waals surface area contributed by atoms with Crippen molar-refractivity contribution >= 4 is 13.2 Å². The topological polar surface area (TPSA) is 0 Å². The molecule has 0 saturated carbocycles. The maximum atomic E-state index is 13.3. The standard InChI is InChI=1S/C14H22FP.Pd/c1-13(2,3)16(14(4,5)6)12-9-7-8-11(15)10-12;/h7-10H,1-6H3;. The Morgan fingerprint density at radius 2 is 1.41 bits per heavy atom. The van der Waals surface area contributed by atoms with Gasteiger partial charge < -0.3 is 0 Å². The van der Waals surface area contributed by atoms with Crippen molar-refractivity contribution in [2.24, 2.45) is 0 Å². The largest absolute Gasteiger partial charge is 0.207 e. The first kappa shape index (κ1) is 17.2. The van der Waals surface area contributed by atoms with Crippen LogP contribution in [0, 0.1) is 5.82 Å². The van der Waals surface area contributed by atoms with E-state index in [-0.39, 0.29) is 36.6 Å². The molecule has 0 aromatic heterocycles. The van der Waals surface area contributed by atoms with Gasteiger partial charge in [-0.1, -0.05) is 61.6 Å². The summed E-state index contributed by atoms with van der Waals surface area (Å²) in [5.74, 6) is -0.126. The van der Waals surface area contributed by atoms with E-state index in [1.807, 2.05) is 6.07 Å². The maximum Gasteiger partial charge on any atom is 0.123 e. The maximum absolute atomic E-state index is 13.3. The van der Waals surface area contributed by atoms with Crippen LogP contribution in [0.2, 0.25) is 0 Å². The number of hydrogen-bond donors (Lipinski definition) is 0. The molecular formula is C14H22FPPd. The van der Waals surface area contributed by atoms with E-state index in [1.54, 1.807) is 6.07 Å². The molecule has 1 rings (SSSR count). The zero-order valence-electron chi connectivity index (χ0n) is 11.5. The molecule has 0 aliphatic heterocycles. The summed E-state index contributed by atoms with van der Waals surface area (Å²) in [6, 6.07) is 7.09. The third kappa shape index (κ3) is 4.78. The van der Waals surface area contributed by atoms with Crippen molar-refractivity contribution in [3.8, 4) is 0 Å². The van der Waals surface area contributed by atoms with E-state index in [2.05, 4.69) is 47.6 Å². The summed E-state index contributed by atoms with van der Waals surface area (Å²) in [6.07, 6.45) is 0. The number of hydrogen-bond acceptors (Lipinski definition) is 0. The zero-order valence-corrected chi connectivity index (χ0v) is 13.9. The van der Waals surface area contributed by atoms with Crippen molar-refractivity contribution in [3.05, 3.63) is 30.1 Å². The van der Waals surface area contributed by atoms with E-state index in [4.69, 9.17) is 0 Å². The Morgan fingerprint density at radius 3 is 1.76 bits per heavy atom. The van der Waals surface area contributed by atoms with Gasteiger partial charge in [0.1, 0.15) is 5.82 Å². The van der Waals surface area contributed by atoms with Crippen LogP contribution in [0.3, 0.4) is 0 Å². The second kappa shape index (κ2) is 5.92. The fraction of sp³-hybridized carbons (Fsp3) is 0.571. The molecule has 1 aromatic rings. The van der Waals surface area contributed by atoms with Gasteiger partial charge in [-0.3, -0.25) is 0 Å². The van der Waals surface area contributed by atoms with Gasteiger partial charge in [0.25, 0.3) is 0 Å². The molecular weight excluding hydrogens is 325 g/mol. The molecule has 0 atom stereocenters. The van der Waals surface area contributed by atoms with Gasteiger partial charge >= 0.3 is 0 Å². The van der Waals surface area contributed by atoms with Crippen LogP contribution >= 0.6 is 7.92 Å². The first-order valence-electron chi connectivity index (χ1n) is 5.68. The van der Waals surface area contributed by atoms with Crippen LogP contribution in [-0.2, 0) is 20.4 Å². The summed E-state index contributed by atoms with van der Waals surface area (Å²) in [6.45, 7) is 13.5. The van der Waals surface area contributed by atoms with Crippen molar-refractivity contribution in [3.63, 3.8) is 0 Å². The predicted molar refractivity (Wildman–Crippen MR) is 72.5 cm³/mol. The Hall–Kier alpha value is 0.242. The van der Waals surface area contributed by atoms with Crippen LogP contribution in [-0.4, -0.2) is 10.3 Å². The fourth-order valence-corrected chi connectivity index (χ4v) is 6.45. The first-order valence-corrected chi connectivity index (χ1v) is 7.02. The van der Waals surface area contributed by atoms with Crippen LogP contribution in [0.5, 0.6) is 0 Å². The molecule has 1 aromatic carbocycles. The van der Waals surface area contributed by atoms with Crippen LogP contribution in [0.25, 0.3) is 0 Å². The summed E-state index contributed by atoms with van der Waals surface area (Å²) in [4.78, 5) is 0. The molecule has 0 unspecified atom stereocenters. The molecule has 0 nitrogen and oxygen atoms in total. The summed E-state index contributed by atoms with van der Waals surface area (Å²) < 4.78 is 13.3. The molecule has 0 amide bonds. The SMILES string of the molecule is CC(C)(C)P(c1cccc(F)c1)C(C)(C)C.[Pd]. The Balaban J connectivity index is 0.00000256. The third-order valence-electron chi connectivity index (χ3n) is 2.41. The summed E-state index contributed by atoms with van der Waals surface area (Å²) in [5.41, 5.74) is 0. The smallest absolute Gasteiger partial charge is 0.123 e. The van der Waals surface area contributed by atoms with Gasteiger partial charge in [0.15, 0.2) is 0 Å². The molecule has 0 aliphatic rings. The van der Waals surface area contributed by atoms with Crippen molar-refractivity contribution in [1.29, 1.82) is 0 Å². The molecule has 0 radical (unpaired) electrons. The molecule has 0 heterocycles. The normalized spacial score (nSPS) is 12.5. The van der Waals surface area contributed by atoms with Crippen molar-refractivity contribution < 1.29 is 24.8 Å². The van der Waals surface area contributed by atoms with E-state index in [9.17, 15) is 4.39 Å². The number of rotatable bonds is 1. The average molecular weight is 347 g/mol. The summed E-state index contributed by atoms with van der Waals surface area (Å²) >= 11 is 0. The van der Waals surface area contributed by atoms with E-state index >= 15 is 0 Å². The van der Waals surface area contributed by atoms with Gasteiger partial charge in [-0.05, 0) is 27.7 Å². The fourth-order valence-electron chi connectivity index (χ4n) is 2.40. The predicted octanol–water partition coefficient (Wildman–Crippen LogP) is 4.53. The van der Waals surface area contributed by atoms with Gasteiger partial charge in [-0.2, -0.15) is 0 Å². The van der Waals surface area contributed by atoms with Gasteiger partial charge in [0.2, 0.25) is 0 Å². The van der Waals surface area contributed by atoms with Gasteiger partial charge in [-0.25, -0.2) is 4.39 Å². The quantitative estimate of drug-likeness (QED) is 0.518. The van der Waals surface area contributed by atoms with E-state index in [0.29, 0.717) is 0 Å². The van der Waals surface area contributed by atoms with Gasteiger partial charge in [0.05, 0.1) is 0 Å². The molecule has 0 spiro atoms. The van der Waals surface area contributed by atoms with Gasteiger partial charge in [0, 0.05) is 20.4 Å². The van der Waals surface area contributed by atoms with Gasteiger partial charge in [-0.15, -0.1) is 0 Å². The molecule has 0 fully saturated rings. The molecule has 0 saturated heterocycles. The Labute approximate surface area is 120 Å². The van der Waals surface area contributed by atoms with Crippen LogP contribution in [0.15, 0.2) is 24.3 Å². The van der Waals surface area contributed by atoms with Crippen molar-refractivity contribution in [1.82, 2.24) is 0 Å². The number of benzene rings is 1. The second-order valence-electron chi connectivity index (χ2n) is 6.16. The monoisotopic (exact) mass is 346 g/mol. The van der Waals surface area contributed by atoms with Crippen LogP contribution < -0.4 is 5.30 Å². The molecule has 17 heavy (non-hydrogen) atoms. The second-order valence-corrected chi connectivity index (χ2v) is 10.0. The first-order chi connectivity index (χ1) is 7.12. The Kier molecular flexibility index (Phi) is 6.01. The van der Waals surface area contributed by atoms with Crippen LogP contribution in [0.4, 0.5) is 4.39 Å². The van der Waals surface area contributed by atoms with E-state index in [0.717, 1.165) is 5.30 Å². The van der Waals surface area contributed by atoms with Crippen molar-refractivity contribution in [2.75, 3.05) is 0 Å². The van der Waals surface area contributed by atoms with Crippen molar-refractivity contribution in [2.45, 2.75) is 51.9 Å². The average Bonchev–Trinajstić information content (AvgIpc) is 1.97. The third-order valence-corrected chi connectivity index (χ3v) is 5.89. The minimum atomic E-state index is -0.394. The van der Waals surface area contributed by atoms with E-state index < -0.39 is 7.92 Å². The summed E-state index contributed by atoms with van der Waals surface area (Å²) in [7, 11) is -0.394. The van der Waals surface area contributed by atoms with E-state index in [1.165, 1.54) is 6.07 Å². The molecule has 0 bridgehead atoms. The molecule has 0 N–H and O–H groups in total. The molecule has 0 aliphatic carbocycles. The minimum absolute atomic E-state index is 0. The van der Waals surface area contributed by atoms with Crippen LogP contribution in [0.1, 0.15) is 41.5 Å².